The molecule has 2 N–H and O–H groups in total. The van der Waals surface area contributed by atoms with Crippen molar-refractivity contribution in [3.05, 3.63) is 82.4 Å². The van der Waals surface area contributed by atoms with Crippen molar-refractivity contribution in [2.24, 2.45) is 0 Å². The number of carboxylic acids is 1. The first-order chi connectivity index (χ1) is 15.9. The number of phenolic OH excluding ortho intramolecular Hbond substituents is 1. The van der Waals surface area contributed by atoms with Crippen molar-refractivity contribution >= 4 is 23.5 Å². The molecule has 34 heavy (non-hydrogen) atoms. The second kappa shape index (κ2) is 11.6. The van der Waals surface area contributed by atoms with Crippen LogP contribution in [0, 0.1) is 0 Å². The van der Waals surface area contributed by atoms with Gasteiger partial charge in [0.15, 0.2) is 0 Å². The van der Waals surface area contributed by atoms with Gasteiger partial charge in [-0.1, -0.05) is 23.7 Å². The van der Waals surface area contributed by atoms with E-state index < -0.39 is 11.9 Å². The minimum absolute atomic E-state index is 0. The van der Waals surface area contributed by atoms with Gasteiger partial charge in [0, 0.05) is 35.6 Å². The molecule has 3 aromatic rings. The largest absolute Gasteiger partial charge is 1.00 e. The van der Waals surface area contributed by atoms with Gasteiger partial charge in [-0.25, -0.2) is 0 Å². The standard InChI is InChI=1S/C25H22ClNO6.Na/c26-21-13-20-19(25(30)31)9-11-32-22(20)14-23(21)33-18-6-4-16(5-7-18)24(29)27-10-8-15-2-1-3-17(28)12-15;/h1-7,12-14,19,28H,8-11H2,(H,27,29)(H,30,31);/q;+1/p-1. The molecule has 1 atom stereocenters. The predicted octanol–water partition coefficient (Wildman–Crippen LogP) is 0.430. The zero-order valence-electron chi connectivity index (χ0n) is 18.5. The van der Waals surface area contributed by atoms with Gasteiger partial charge in [0.1, 0.15) is 23.0 Å². The molecule has 1 amide bonds. The molecule has 0 saturated heterocycles. The summed E-state index contributed by atoms with van der Waals surface area (Å²) in [4.78, 5) is 23.7. The first kappa shape index (κ1) is 25.9. The van der Waals surface area contributed by atoms with Crippen molar-refractivity contribution in [2.75, 3.05) is 13.2 Å². The van der Waals surface area contributed by atoms with Crippen LogP contribution in [0.25, 0.3) is 0 Å². The molecule has 1 unspecified atom stereocenters. The van der Waals surface area contributed by atoms with Crippen LogP contribution in [0.3, 0.4) is 0 Å². The summed E-state index contributed by atoms with van der Waals surface area (Å²) in [5.74, 6) is -0.796. The number of rotatable bonds is 7. The Kier molecular flexibility index (Phi) is 8.85. The Morgan fingerprint density at radius 2 is 1.91 bits per heavy atom. The number of amides is 1. The van der Waals surface area contributed by atoms with Gasteiger partial charge in [-0.05, 0) is 60.9 Å². The number of hydrogen-bond donors (Lipinski definition) is 2. The number of aliphatic carboxylic acids is 1. The summed E-state index contributed by atoms with van der Waals surface area (Å²) in [6.45, 7) is 0.695. The van der Waals surface area contributed by atoms with Gasteiger partial charge in [-0.2, -0.15) is 0 Å². The second-order valence-electron chi connectivity index (χ2n) is 7.63. The number of phenols is 1. The molecule has 0 aromatic heterocycles. The molecule has 1 heterocycles. The van der Waals surface area contributed by atoms with E-state index >= 15 is 0 Å². The first-order valence-electron chi connectivity index (χ1n) is 10.4. The van der Waals surface area contributed by atoms with Crippen LogP contribution in [0.2, 0.25) is 5.02 Å². The SMILES string of the molecule is O=C(NCCc1cccc(O)c1)c1ccc(Oc2cc3c(cc2Cl)C(C(=O)[O-])CCO3)cc1.[Na+]. The summed E-state index contributed by atoms with van der Waals surface area (Å²) in [5.41, 5.74) is 1.86. The van der Waals surface area contributed by atoms with E-state index in [4.69, 9.17) is 21.1 Å². The Balaban J connectivity index is 0.00000324. The molecule has 170 valence electrons. The van der Waals surface area contributed by atoms with Crippen molar-refractivity contribution < 1.29 is 58.8 Å². The number of ether oxygens (including phenoxy) is 2. The third kappa shape index (κ3) is 6.24. The third-order valence-corrected chi connectivity index (χ3v) is 5.64. The van der Waals surface area contributed by atoms with Gasteiger partial charge in [-0.15, -0.1) is 0 Å². The smallest absolute Gasteiger partial charge is 0.549 e. The summed E-state index contributed by atoms with van der Waals surface area (Å²) in [6.07, 6.45) is 0.919. The van der Waals surface area contributed by atoms with Gasteiger partial charge in [0.25, 0.3) is 5.91 Å². The third-order valence-electron chi connectivity index (χ3n) is 5.34. The average molecular weight is 490 g/mol. The van der Waals surface area contributed by atoms with E-state index in [2.05, 4.69) is 5.32 Å². The van der Waals surface area contributed by atoms with Crippen molar-refractivity contribution in [3.8, 4) is 23.0 Å². The maximum absolute atomic E-state index is 12.4. The number of carboxylic acid groups (broad SMARTS) is 1. The molecule has 1 aliphatic rings. The fourth-order valence-electron chi connectivity index (χ4n) is 3.65. The molecular formula is C25H21ClNNaO6. The summed E-state index contributed by atoms with van der Waals surface area (Å²) in [5, 5.41) is 23.9. The quantitative estimate of drug-likeness (QED) is 0.466. The minimum Gasteiger partial charge on any atom is -0.549 e. The van der Waals surface area contributed by atoms with Crippen LogP contribution in [0.4, 0.5) is 0 Å². The van der Waals surface area contributed by atoms with Crippen molar-refractivity contribution in [3.63, 3.8) is 0 Å². The molecule has 7 nitrogen and oxygen atoms in total. The van der Waals surface area contributed by atoms with E-state index in [1.54, 1.807) is 48.5 Å². The fraction of sp³-hybridized carbons (Fsp3) is 0.200. The van der Waals surface area contributed by atoms with E-state index in [1.165, 1.54) is 6.07 Å². The van der Waals surface area contributed by atoms with E-state index in [-0.39, 0.29) is 52.8 Å². The molecule has 0 bridgehead atoms. The van der Waals surface area contributed by atoms with Gasteiger partial charge in [0.05, 0.1) is 11.6 Å². The van der Waals surface area contributed by atoms with E-state index in [9.17, 15) is 19.8 Å². The number of benzene rings is 3. The number of halogens is 1. The first-order valence-corrected chi connectivity index (χ1v) is 10.8. The maximum Gasteiger partial charge on any atom is 1.00 e. The molecule has 0 saturated carbocycles. The van der Waals surface area contributed by atoms with Crippen LogP contribution in [0.5, 0.6) is 23.0 Å². The van der Waals surface area contributed by atoms with Crippen molar-refractivity contribution in [2.45, 2.75) is 18.8 Å². The summed E-state index contributed by atoms with van der Waals surface area (Å²) < 4.78 is 11.4. The molecule has 0 radical (unpaired) electrons. The minimum atomic E-state index is -1.17. The molecule has 1 aliphatic heterocycles. The Labute approximate surface area is 223 Å². The summed E-state index contributed by atoms with van der Waals surface area (Å²) >= 11 is 6.31. The molecule has 4 rings (SSSR count). The number of aromatic hydroxyl groups is 1. The number of fused-ring (bicyclic) bond motifs is 1. The van der Waals surface area contributed by atoms with E-state index in [0.29, 0.717) is 47.8 Å². The van der Waals surface area contributed by atoms with Gasteiger partial charge in [-0.3, -0.25) is 4.79 Å². The van der Waals surface area contributed by atoms with Crippen LogP contribution in [0.1, 0.15) is 33.8 Å². The zero-order chi connectivity index (χ0) is 23.4. The normalized spacial score (nSPS) is 14.2. The van der Waals surface area contributed by atoms with Crippen molar-refractivity contribution in [1.82, 2.24) is 5.32 Å². The van der Waals surface area contributed by atoms with Crippen LogP contribution in [0.15, 0.2) is 60.7 Å². The number of carbonyl (C=O) groups is 2. The Morgan fingerprint density at radius 1 is 1.15 bits per heavy atom. The Morgan fingerprint density at radius 3 is 2.62 bits per heavy atom. The summed E-state index contributed by atoms with van der Waals surface area (Å²) in [7, 11) is 0. The van der Waals surface area contributed by atoms with Gasteiger partial charge in [0.2, 0.25) is 0 Å². The number of nitrogens with one attached hydrogen (secondary N) is 1. The average Bonchev–Trinajstić information content (AvgIpc) is 2.79. The number of carbonyl (C=O) groups excluding carboxylic acids is 2. The number of hydrogen-bond acceptors (Lipinski definition) is 6. The Bertz CT molecular complexity index is 1180. The molecular weight excluding hydrogens is 469 g/mol. The van der Waals surface area contributed by atoms with Crippen molar-refractivity contribution in [1.29, 1.82) is 0 Å². The molecule has 0 aliphatic carbocycles. The molecule has 9 heteroatoms. The Hall–Kier alpha value is -2.71. The molecule has 3 aromatic carbocycles. The second-order valence-corrected chi connectivity index (χ2v) is 8.04. The summed E-state index contributed by atoms with van der Waals surface area (Å²) in [6, 6.07) is 16.5. The van der Waals surface area contributed by atoms with E-state index in [1.807, 2.05) is 6.07 Å². The maximum atomic E-state index is 12.4. The predicted molar refractivity (Wildman–Crippen MR) is 120 cm³/mol. The van der Waals surface area contributed by atoms with Crippen LogP contribution in [-0.2, 0) is 11.2 Å². The van der Waals surface area contributed by atoms with Crippen LogP contribution in [-0.4, -0.2) is 30.1 Å². The molecule has 0 spiro atoms. The van der Waals surface area contributed by atoms with Gasteiger partial charge >= 0.3 is 29.6 Å². The van der Waals surface area contributed by atoms with Gasteiger partial charge < -0.3 is 29.8 Å². The van der Waals surface area contributed by atoms with Crippen LogP contribution < -0.4 is 49.5 Å². The van der Waals surface area contributed by atoms with Crippen LogP contribution >= 0.6 is 11.6 Å². The fourth-order valence-corrected chi connectivity index (χ4v) is 3.86. The molecule has 0 fully saturated rings. The van der Waals surface area contributed by atoms with E-state index in [0.717, 1.165) is 5.56 Å². The topological polar surface area (TPSA) is 108 Å². The zero-order valence-corrected chi connectivity index (χ0v) is 21.3. The monoisotopic (exact) mass is 489 g/mol.